The van der Waals surface area contributed by atoms with E-state index >= 15 is 0 Å². The highest BCUT2D eigenvalue weighted by molar-refractivity contribution is 9.11. The van der Waals surface area contributed by atoms with E-state index in [0.717, 1.165) is 19.5 Å². The molecule has 3 N–H and O–H groups in total. The fraction of sp³-hybridized carbons (Fsp3) is 0. The van der Waals surface area contributed by atoms with Crippen LogP contribution in [-0.2, 0) is 0 Å². The molecule has 2 aromatic rings. The molecule has 0 saturated heterocycles. The molecule has 0 aliphatic heterocycles. The molecular weight excluding hydrogens is 318 g/mol. The number of nitrogen functional groups attached to an aromatic ring is 1. The van der Waals surface area contributed by atoms with Gasteiger partial charge in [0.1, 0.15) is 0 Å². The number of halogens is 2. The first-order valence-corrected chi connectivity index (χ1v) is 5.89. The number of anilines is 1. The highest BCUT2D eigenvalue weighted by atomic mass is 79.9. The zero-order chi connectivity index (χ0) is 9.42. The highest BCUT2D eigenvalue weighted by Crippen LogP contribution is 2.35. The Morgan fingerprint density at radius 3 is 2.69 bits per heavy atom. The molecular formula is C7H5Br2N3S. The molecule has 0 saturated carbocycles. The molecule has 13 heavy (non-hydrogen) atoms. The van der Waals surface area contributed by atoms with Gasteiger partial charge in [-0.15, -0.1) is 11.3 Å². The van der Waals surface area contributed by atoms with E-state index in [4.69, 9.17) is 5.73 Å². The van der Waals surface area contributed by atoms with Gasteiger partial charge in [0, 0.05) is 9.85 Å². The second-order valence-corrected chi connectivity index (χ2v) is 5.05. The maximum Gasteiger partial charge on any atom is 0.160 e. The monoisotopic (exact) mass is 321 g/mol. The SMILES string of the molecule is Nc1n[nH]c(-c2cc(Br)cs2)c1Br. The number of aromatic amines is 1. The van der Waals surface area contributed by atoms with Crippen LogP contribution >= 0.6 is 43.2 Å². The fourth-order valence-electron chi connectivity index (χ4n) is 0.950. The van der Waals surface area contributed by atoms with Crippen LogP contribution in [-0.4, -0.2) is 10.2 Å². The van der Waals surface area contributed by atoms with Gasteiger partial charge in [-0.25, -0.2) is 0 Å². The smallest absolute Gasteiger partial charge is 0.160 e. The van der Waals surface area contributed by atoms with Gasteiger partial charge in [0.25, 0.3) is 0 Å². The Balaban J connectivity index is 2.52. The van der Waals surface area contributed by atoms with E-state index in [1.165, 1.54) is 0 Å². The topological polar surface area (TPSA) is 54.7 Å². The molecule has 0 bridgehead atoms. The molecule has 2 rings (SSSR count). The van der Waals surface area contributed by atoms with Gasteiger partial charge in [0.2, 0.25) is 0 Å². The molecule has 3 nitrogen and oxygen atoms in total. The van der Waals surface area contributed by atoms with Crippen molar-refractivity contribution in [2.24, 2.45) is 0 Å². The van der Waals surface area contributed by atoms with Gasteiger partial charge in [0.05, 0.1) is 15.0 Å². The van der Waals surface area contributed by atoms with Gasteiger partial charge >= 0.3 is 0 Å². The number of H-pyrrole nitrogens is 1. The minimum absolute atomic E-state index is 0.486. The predicted octanol–water partition coefficient (Wildman–Crippen LogP) is 3.25. The Morgan fingerprint density at radius 1 is 1.46 bits per heavy atom. The quantitative estimate of drug-likeness (QED) is 0.846. The van der Waals surface area contributed by atoms with Crippen molar-refractivity contribution >= 4 is 49.0 Å². The van der Waals surface area contributed by atoms with Gasteiger partial charge < -0.3 is 5.73 Å². The number of hydrogen-bond donors (Lipinski definition) is 2. The molecule has 0 aliphatic carbocycles. The normalized spacial score (nSPS) is 10.6. The third-order valence-electron chi connectivity index (χ3n) is 1.55. The van der Waals surface area contributed by atoms with Gasteiger partial charge in [-0.05, 0) is 37.9 Å². The van der Waals surface area contributed by atoms with Crippen LogP contribution in [0.5, 0.6) is 0 Å². The molecule has 6 heteroatoms. The summed E-state index contributed by atoms with van der Waals surface area (Å²) in [5, 5.41) is 8.78. The summed E-state index contributed by atoms with van der Waals surface area (Å²) in [6.45, 7) is 0. The lowest BCUT2D eigenvalue weighted by atomic mass is 10.3. The largest absolute Gasteiger partial charge is 0.381 e. The second kappa shape index (κ2) is 3.43. The van der Waals surface area contributed by atoms with Crippen LogP contribution in [0.3, 0.4) is 0 Å². The van der Waals surface area contributed by atoms with E-state index in [9.17, 15) is 0 Å². The van der Waals surface area contributed by atoms with Crippen molar-refractivity contribution in [3.63, 3.8) is 0 Å². The maximum absolute atomic E-state index is 5.59. The number of nitrogens with zero attached hydrogens (tertiary/aromatic N) is 1. The Bertz CT molecular complexity index is 435. The van der Waals surface area contributed by atoms with Crippen LogP contribution in [0.4, 0.5) is 5.82 Å². The molecule has 0 unspecified atom stereocenters. The Hall–Kier alpha value is -0.330. The summed E-state index contributed by atoms with van der Waals surface area (Å²) in [7, 11) is 0. The molecule has 2 heterocycles. The summed E-state index contributed by atoms with van der Waals surface area (Å²) in [6, 6.07) is 2.02. The van der Waals surface area contributed by atoms with E-state index in [0.29, 0.717) is 5.82 Å². The summed E-state index contributed by atoms with van der Waals surface area (Å²) < 4.78 is 1.88. The predicted molar refractivity (Wildman–Crippen MR) is 61.7 cm³/mol. The molecule has 0 atom stereocenters. The van der Waals surface area contributed by atoms with Crippen LogP contribution in [0, 0.1) is 0 Å². The average molecular weight is 323 g/mol. The van der Waals surface area contributed by atoms with Crippen molar-refractivity contribution in [1.29, 1.82) is 0 Å². The maximum atomic E-state index is 5.59. The number of nitrogens with one attached hydrogen (secondary N) is 1. The Morgan fingerprint density at radius 2 is 2.23 bits per heavy atom. The zero-order valence-corrected chi connectivity index (χ0v) is 10.3. The van der Waals surface area contributed by atoms with E-state index in [2.05, 4.69) is 42.1 Å². The lowest BCUT2D eigenvalue weighted by Gasteiger charge is -1.91. The fourth-order valence-corrected chi connectivity index (χ4v) is 2.90. The molecule has 68 valence electrons. The molecule has 0 amide bonds. The first-order chi connectivity index (χ1) is 6.18. The lowest BCUT2D eigenvalue weighted by Crippen LogP contribution is -1.83. The minimum atomic E-state index is 0.486. The van der Waals surface area contributed by atoms with Crippen molar-refractivity contribution in [3.05, 3.63) is 20.4 Å². The third-order valence-corrected chi connectivity index (χ3v) is 4.06. The van der Waals surface area contributed by atoms with Gasteiger partial charge in [-0.1, -0.05) is 0 Å². The zero-order valence-electron chi connectivity index (χ0n) is 6.34. The molecule has 0 radical (unpaired) electrons. The van der Waals surface area contributed by atoms with E-state index in [-0.39, 0.29) is 0 Å². The first-order valence-electron chi connectivity index (χ1n) is 3.42. The van der Waals surface area contributed by atoms with Crippen LogP contribution < -0.4 is 5.73 Å². The number of thiophene rings is 1. The lowest BCUT2D eigenvalue weighted by molar-refractivity contribution is 1.11. The van der Waals surface area contributed by atoms with Crippen LogP contribution in [0.2, 0.25) is 0 Å². The van der Waals surface area contributed by atoms with Crippen molar-refractivity contribution < 1.29 is 0 Å². The summed E-state index contributed by atoms with van der Waals surface area (Å²) in [6.07, 6.45) is 0. The van der Waals surface area contributed by atoms with E-state index in [1.807, 2.05) is 11.4 Å². The van der Waals surface area contributed by atoms with Crippen molar-refractivity contribution in [2.75, 3.05) is 5.73 Å². The molecule has 2 aromatic heterocycles. The van der Waals surface area contributed by atoms with Gasteiger partial charge in [-0.2, -0.15) is 5.10 Å². The molecule has 0 aliphatic rings. The molecule has 0 fully saturated rings. The Kier molecular flexibility index (Phi) is 2.44. The Labute approximate surface area is 95.6 Å². The van der Waals surface area contributed by atoms with Crippen LogP contribution in [0.15, 0.2) is 20.4 Å². The standard InChI is InChI=1S/C7H5Br2N3S/c8-3-1-4(13-2-3)6-5(9)7(10)12-11-6/h1-2H,(H3,10,11,12). The first kappa shape index (κ1) is 9.23. The van der Waals surface area contributed by atoms with Crippen molar-refractivity contribution in [2.45, 2.75) is 0 Å². The summed E-state index contributed by atoms with van der Waals surface area (Å²) in [4.78, 5) is 1.10. The third kappa shape index (κ3) is 1.66. The molecule has 0 spiro atoms. The average Bonchev–Trinajstić information content (AvgIpc) is 2.62. The molecule has 0 aromatic carbocycles. The van der Waals surface area contributed by atoms with E-state index < -0.39 is 0 Å². The number of hydrogen-bond acceptors (Lipinski definition) is 3. The summed E-state index contributed by atoms with van der Waals surface area (Å²) >= 11 is 8.39. The van der Waals surface area contributed by atoms with E-state index in [1.54, 1.807) is 11.3 Å². The van der Waals surface area contributed by atoms with Gasteiger partial charge in [0.15, 0.2) is 5.82 Å². The number of nitrogens with two attached hydrogens (primary N) is 1. The van der Waals surface area contributed by atoms with Crippen molar-refractivity contribution in [1.82, 2.24) is 10.2 Å². The highest BCUT2D eigenvalue weighted by Gasteiger charge is 2.11. The van der Waals surface area contributed by atoms with Crippen LogP contribution in [0.1, 0.15) is 0 Å². The minimum Gasteiger partial charge on any atom is -0.381 e. The van der Waals surface area contributed by atoms with Gasteiger partial charge in [-0.3, -0.25) is 5.10 Å². The summed E-state index contributed by atoms with van der Waals surface area (Å²) in [5.74, 6) is 0.486. The second-order valence-electron chi connectivity index (χ2n) is 2.43. The van der Waals surface area contributed by atoms with Crippen molar-refractivity contribution in [3.8, 4) is 10.6 Å². The summed E-state index contributed by atoms with van der Waals surface area (Å²) in [5.41, 5.74) is 6.51. The number of aromatic nitrogens is 2. The number of rotatable bonds is 1. The van der Waals surface area contributed by atoms with Crippen LogP contribution in [0.25, 0.3) is 10.6 Å².